The highest BCUT2D eigenvalue weighted by Gasteiger charge is 2.38. The predicted molar refractivity (Wildman–Crippen MR) is 88.1 cm³/mol. The Morgan fingerprint density at radius 3 is 2.52 bits per heavy atom. The molecule has 0 radical (unpaired) electrons. The van der Waals surface area contributed by atoms with E-state index in [9.17, 15) is 9.18 Å². The Bertz CT molecular complexity index is 665. The van der Waals surface area contributed by atoms with E-state index >= 15 is 0 Å². The number of nitrogens with two attached hydrogens (primary N) is 1. The summed E-state index contributed by atoms with van der Waals surface area (Å²) in [6, 6.07) is 8.22. The number of rotatable bonds is 5. The Labute approximate surface area is 140 Å². The van der Waals surface area contributed by atoms with Crippen LogP contribution >= 0.6 is 12.4 Å². The van der Waals surface area contributed by atoms with Crippen LogP contribution < -0.4 is 11.1 Å². The van der Waals surface area contributed by atoms with E-state index in [-0.39, 0.29) is 36.1 Å². The van der Waals surface area contributed by atoms with Gasteiger partial charge in [0.15, 0.2) is 0 Å². The summed E-state index contributed by atoms with van der Waals surface area (Å²) in [7, 11) is 0. The zero-order chi connectivity index (χ0) is 15.6. The molecule has 3 N–H and O–H groups in total. The zero-order valence-corrected chi connectivity index (χ0v) is 13.5. The van der Waals surface area contributed by atoms with Gasteiger partial charge < -0.3 is 15.5 Å². The summed E-state index contributed by atoms with van der Waals surface area (Å²) in [5.74, 6) is 0.175. The number of hydrogen-bond acceptors (Lipinski definition) is 3. The van der Waals surface area contributed by atoms with E-state index in [1.807, 2.05) is 12.1 Å². The van der Waals surface area contributed by atoms with Crippen molar-refractivity contribution in [2.45, 2.75) is 31.2 Å². The van der Waals surface area contributed by atoms with Crippen LogP contribution in [0.3, 0.4) is 0 Å². The fourth-order valence-electron chi connectivity index (χ4n) is 2.93. The van der Waals surface area contributed by atoms with Gasteiger partial charge in [-0.15, -0.1) is 12.4 Å². The molecule has 1 heterocycles. The van der Waals surface area contributed by atoms with Gasteiger partial charge in [-0.3, -0.25) is 4.79 Å². The molecule has 1 aliphatic rings. The molecule has 1 aromatic heterocycles. The van der Waals surface area contributed by atoms with Crippen molar-refractivity contribution in [3.63, 3.8) is 0 Å². The monoisotopic (exact) mass is 338 g/mol. The second kappa shape index (κ2) is 7.15. The molecule has 6 heteroatoms. The standard InChI is InChI=1S/C17H19FN2O2.ClH/c18-14-4-2-13(3-5-14)17(6-1-7-17)11-20-16(21)12-8-15(9-19)22-10-12;/h2-5,8,10H,1,6-7,9,11,19H2,(H,20,21);1H. The molecule has 1 aliphatic carbocycles. The van der Waals surface area contributed by atoms with Crippen LogP contribution in [0.5, 0.6) is 0 Å². The second-order valence-electron chi connectivity index (χ2n) is 5.83. The third-order valence-corrected chi connectivity index (χ3v) is 4.47. The molecule has 1 saturated carbocycles. The maximum Gasteiger partial charge on any atom is 0.254 e. The topological polar surface area (TPSA) is 68.3 Å². The van der Waals surface area contributed by atoms with Crippen molar-refractivity contribution in [2.75, 3.05) is 6.54 Å². The molecule has 2 aromatic rings. The Kier molecular flexibility index (Phi) is 5.44. The first-order valence-corrected chi connectivity index (χ1v) is 7.45. The number of benzene rings is 1. The number of hydrogen-bond donors (Lipinski definition) is 2. The number of nitrogens with one attached hydrogen (secondary N) is 1. The van der Waals surface area contributed by atoms with Crippen LogP contribution in [-0.2, 0) is 12.0 Å². The molecular weight excluding hydrogens is 319 g/mol. The van der Waals surface area contributed by atoms with E-state index in [2.05, 4.69) is 5.32 Å². The quantitative estimate of drug-likeness (QED) is 0.880. The van der Waals surface area contributed by atoms with Crippen molar-refractivity contribution in [3.8, 4) is 0 Å². The highest BCUT2D eigenvalue weighted by Crippen LogP contribution is 2.43. The normalized spacial score (nSPS) is 15.4. The maximum atomic E-state index is 13.1. The zero-order valence-electron chi connectivity index (χ0n) is 12.7. The van der Waals surface area contributed by atoms with Crippen LogP contribution in [0.2, 0.25) is 0 Å². The summed E-state index contributed by atoms with van der Waals surface area (Å²) in [5.41, 5.74) is 6.95. The molecule has 0 unspecified atom stereocenters. The van der Waals surface area contributed by atoms with Crippen molar-refractivity contribution < 1.29 is 13.6 Å². The van der Waals surface area contributed by atoms with Gasteiger partial charge in [-0.05, 0) is 36.6 Å². The molecule has 0 spiro atoms. The van der Waals surface area contributed by atoms with Gasteiger partial charge in [0.2, 0.25) is 0 Å². The van der Waals surface area contributed by atoms with Crippen LogP contribution in [0.25, 0.3) is 0 Å². The molecule has 3 rings (SSSR count). The fourth-order valence-corrected chi connectivity index (χ4v) is 2.93. The average molecular weight is 339 g/mol. The summed E-state index contributed by atoms with van der Waals surface area (Å²) < 4.78 is 18.3. The highest BCUT2D eigenvalue weighted by molar-refractivity contribution is 5.94. The summed E-state index contributed by atoms with van der Waals surface area (Å²) in [4.78, 5) is 12.2. The van der Waals surface area contributed by atoms with Crippen molar-refractivity contribution in [1.82, 2.24) is 5.32 Å². The van der Waals surface area contributed by atoms with Crippen LogP contribution in [0.15, 0.2) is 41.0 Å². The summed E-state index contributed by atoms with van der Waals surface area (Å²) in [5, 5.41) is 2.96. The minimum atomic E-state index is -0.241. The lowest BCUT2D eigenvalue weighted by molar-refractivity contribution is 0.0927. The van der Waals surface area contributed by atoms with E-state index in [0.717, 1.165) is 24.8 Å². The summed E-state index contributed by atoms with van der Waals surface area (Å²) in [6.45, 7) is 0.813. The van der Waals surface area contributed by atoms with Crippen molar-refractivity contribution in [2.24, 2.45) is 5.73 Å². The van der Waals surface area contributed by atoms with Gasteiger partial charge in [0.1, 0.15) is 17.8 Å². The highest BCUT2D eigenvalue weighted by atomic mass is 35.5. The van der Waals surface area contributed by atoms with Gasteiger partial charge >= 0.3 is 0 Å². The van der Waals surface area contributed by atoms with Gasteiger partial charge in [0.05, 0.1) is 12.1 Å². The third kappa shape index (κ3) is 3.57. The minimum absolute atomic E-state index is 0. The Morgan fingerprint density at radius 1 is 1.30 bits per heavy atom. The number of halogens is 2. The molecule has 0 aliphatic heterocycles. The Balaban J connectivity index is 0.00000192. The van der Waals surface area contributed by atoms with Gasteiger partial charge in [0.25, 0.3) is 5.91 Å². The van der Waals surface area contributed by atoms with E-state index in [4.69, 9.17) is 10.2 Å². The molecule has 0 bridgehead atoms. The van der Waals surface area contributed by atoms with Gasteiger partial charge in [0, 0.05) is 12.0 Å². The van der Waals surface area contributed by atoms with Crippen molar-refractivity contribution in [3.05, 3.63) is 59.3 Å². The summed E-state index contributed by atoms with van der Waals surface area (Å²) >= 11 is 0. The van der Waals surface area contributed by atoms with E-state index in [1.54, 1.807) is 6.07 Å². The molecule has 4 nitrogen and oxygen atoms in total. The SMILES string of the molecule is Cl.NCc1cc(C(=O)NCC2(c3ccc(F)cc3)CCC2)co1. The van der Waals surface area contributed by atoms with Crippen molar-refractivity contribution >= 4 is 18.3 Å². The summed E-state index contributed by atoms with van der Waals surface area (Å²) in [6.07, 6.45) is 4.54. The van der Waals surface area contributed by atoms with Gasteiger partial charge in [-0.25, -0.2) is 4.39 Å². The predicted octanol–water partition coefficient (Wildman–Crippen LogP) is 3.15. The molecule has 0 saturated heterocycles. The smallest absolute Gasteiger partial charge is 0.254 e. The molecule has 0 atom stereocenters. The number of carbonyl (C=O) groups excluding carboxylic acids is 1. The van der Waals surface area contributed by atoms with E-state index in [1.165, 1.54) is 18.4 Å². The first-order valence-electron chi connectivity index (χ1n) is 7.45. The first-order chi connectivity index (χ1) is 10.6. The lowest BCUT2D eigenvalue weighted by atomic mass is 9.64. The largest absolute Gasteiger partial charge is 0.467 e. The maximum absolute atomic E-state index is 13.1. The molecule has 1 amide bonds. The lowest BCUT2D eigenvalue weighted by Gasteiger charge is -2.42. The Morgan fingerprint density at radius 2 is 2.00 bits per heavy atom. The number of carbonyl (C=O) groups is 1. The third-order valence-electron chi connectivity index (χ3n) is 4.47. The number of furan rings is 1. The van der Waals surface area contributed by atoms with E-state index in [0.29, 0.717) is 17.9 Å². The van der Waals surface area contributed by atoms with Crippen LogP contribution in [0.4, 0.5) is 4.39 Å². The van der Waals surface area contributed by atoms with Crippen LogP contribution in [0.1, 0.15) is 40.9 Å². The molecular formula is C17H20ClFN2O2. The first kappa shape index (κ1) is 17.5. The van der Waals surface area contributed by atoms with E-state index < -0.39 is 0 Å². The molecule has 124 valence electrons. The molecule has 1 aromatic carbocycles. The Hall–Kier alpha value is -1.85. The van der Waals surface area contributed by atoms with Crippen molar-refractivity contribution in [1.29, 1.82) is 0 Å². The average Bonchev–Trinajstić information content (AvgIpc) is 2.96. The fraction of sp³-hybridized carbons (Fsp3) is 0.353. The van der Waals surface area contributed by atoms with Gasteiger partial charge in [-0.2, -0.15) is 0 Å². The van der Waals surface area contributed by atoms with Crippen LogP contribution in [0, 0.1) is 5.82 Å². The lowest BCUT2D eigenvalue weighted by Crippen LogP contribution is -2.45. The second-order valence-corrected chi connectivity index (χ2v) is 5.83. The van der Waals surface area contributed by atoms with Gasteiger partial charge in [-0.1, -0.05) is 18.6 Å². The minimum Gasteiger partial charge on any atom is -0.467 e. The van der Waals surface area contributed by atoms with Crippen LogP contribution in [-0.4, -0.2) is 12.5 Å². The molecule has 1 fully saturated rings. The number of amides is 1. The molecule has 23 heavy (non-hydrogen) atoms.